The summed E-state index contributed by atoms with van der Waals surface area (Å²) in [4.78, 5) is 0. The second-order valence-corrected chi connectivity index (χ2v) is 5.54. The molecule has 90 valence electrons. The minimum Gasteiger partial charge on any atom is -0.378 e. The fourth-order valence-electron chi connectivity index (χ4n) is 1.99. The van der Waals surface area contributed by atoms with Crippen molar-refractivity contribution in [2.75, 3.05) is 6.61 Å². The minimum atomic E-state index is 0.00353. The van der Waals surface area contributed by atoms with E-state index in [1.54, 1.807) is 11.3 Å². The van der Waals surface area contributed by atoms with Gasteiger partial charge in [-0.25, -0.2) is 0 Å². The normalized spacial score (nSPS) is 26.4. The predicted molar refractivity (Wildman–Crippen MR) is 64.4 cm³/mol. The predicted octanol–water partition coefficient (Wildman–Crippen LogP) is 1.92. The van der Waals surface area contributed by atoms with Crippen molar-refractivity contribution in [2.24, 2.45) is 11.7 Å². The Hall–Kier alpha value is -0.520. The van der Waals surface area contributed by atoms with Gasteiger partial charge in [0.05, 0.1) is 12.1 Å². The molecule has 1 aliphatic carbocycles. The molecule has 1 aromatic rings. The second kappa shape index (κ2) is 5.21. The van der Waals surface area contributed by atoms with Crippen LogP contribution in [0.5, 0.6) is 0 Å². The van der Waals surface area contributed by atoms with E-state index >= 15 is 0 Å². The Bertz CT molecular complexity index is 334. The van der Waals surface area contributed by atoms with Crippen LogP contribution in [0.2, 0.25) is 0 Å². The van der Waals surface area contributed by atoms with Gasteiger partial charge in [-0.05, 0) is 32.6 Å². The SMILES string of the molecule is CCOC1CC(Cc2nnc(C(C)N)s2)C1. The van der Waals surface area contributed by atoms with E-state index in [1.165, 1.54) is 12.8 Å². The number of hydrogen-bond donors (Lipinski definition) is 1. The van der Waals surface area contributed by atoms with Crippen LogP contribution in [0.4, 0.5) is 0 Å². The molecule has 0 bridgehead atoms. The Morgan fingerprint density at radius 3 is 2.81 bits per heavy atom. The molecule has 5 heteroatoms. The standard InChI is InChI=1S/C11H19N3OS/c1-3-15-9-4-8(5-9)6-10-13-14-11(16-10)7(2)12/h7-9H,3-6,12H2,1-2H3. The fraction of sp³-hybridized carbons (Fsp3) is 0.818. The van der Waals surface area contributed by atoms with Gasteiger partial charge in [-0.1, -0.05) is 11.3 Å². The average molecular weight is 241 g/mol. The zero-order chi connectivity index (χ0) is 11.5. The van der Waals surface area contributed by atoms with Gasteiger partial charge in [0.2, 0.25) is 0 Å². The number of rotatable bonds is 5. The maximum absolute atomic E-state index is 5.75. The minimum absolute atomic E-state index is 0.00353. The third kappa shape index (κ3) is 2.78. The van der Waals surface area contributed by atoms with Gasteiger partial charge in [0.15, 0.2) is 0 Å². The highest BCUT2D eigenvalue weighted by molar-refractivity contribution is 7.11. The Morgan fingerprint density at radius 2 is 2.25 bits per heavy atom. The van der Waals surface area contributed by atoms with Gasteiger partial charge in [0, 0.05) is 13.0 Å². The van der Waals surface area contributed by atoms with Crippen molar-refractivity contribution in [3.63, 3.8) is 0 Å². The molecule has 0 aliphatic heterocycles. The Kier molecular flexibility index (Phi) is 3.89. The summed E-state index contributed by atoms with van der Waals surface area (Å²) >= 11 is 1.65. The first-order valence-corrected chi connectivity index (χ1v) is 6.70. The maximum atomic E-state index is 5.75. The number of hydrogen-bond acceptors (Lipinski definition) is 5. The topological polar surface area (TPSA) is 61.0 Å². The van der Waals surface area contributed by atoms with Crippen LogP contribution in [0.1, 0.15) is 42.7 Å². The van der Waals surface area contributed by atoms with Crippen molar-refractivity contribution in [1.29, 1.82) is 0 Å². The van der Waals surface area contributed by atoms with E-state index in [0.717, 1.165) is 29.0 Å². The third-order valence-electron chi connectivity index (χ3n) is 2.93. The van der Waals surface area contributed by atoms with Gasteiger partial charge in [-0.2, -0.15) is 0 Å². The highest BCUT2D eigenvalue weighted by Gasteiger charge is 2.30. The monoisotopic (exact) mass is 241 g/mol. The van der Waals surface area contributed by atoms with Crippen LogP contribution in [0.3, 0.4) is 0 Å². The molecule has 1 atom stereocenters. The molecule has 1 heterocycles. The zero-order valence-electron chi connectivity index (χ0n) is 9.85. The molecule has 2 rings (SSSR count). The molecule has 1 aliphatic rings. The molecule has 1 aromatic heterocycles. The average Bonchev–Trinajstić information content (AvgIpc) is 2.63. The largest absolute Gasteiger partial charge is 0.378 e. The van der Waals surface area contributed by atoms with Crippen molar-refractivity contribution in [3.05, 3.63) is 10.0 Å². The summed E-state index contributed by atoms with van der Waals surface area (Å²) in [6, 6.07) is 0.00353. The maximum Gasteiger partial charge on any atom is 0.133 e. The van der Waals surface area contributed by atoms with Gasteiger partial charge in [0.25, 0.3) is 0 Å². The number of nitrogens with zero attached hydrogens (tertiary/aromatic N) is 2. The fourth-order valence-corrected chi connectivity index (χ4v) is 2.90. The highest BCUT2D eigenvalue weighted by Crippen LogP contribution is 2.33. The van der Waals surface area contributed by atoms with Gasteiger partial charge >= 0.3 is 0 Å². The number of ether oxygens (including phenoxy) is 1. The number of nitrogens with two attached hydrogens (primary N) is 1. The van der Waals surface area contributed by atoms with Gasteiger partial charge in [-0.15, -0.1) is 10.2 Å². The van der Waals surface area contributed by atoms with E-state index in [-0.39, 0.29) is 6.04 Å². The molecular weight excluding hydrogens is 222 g/mol. The lowest BCUT2D eigenvalue weighted by atomic mass is 9.80. The molecule has 1 unspecified atom stereocenters. The molecular formula is C11H19N3OS. The van der Waals surface area contributed by atoms with Crippen molar-refractivity contribution in [2.45, 2.75) is 45.3 Å². The molecule has 4 nitrogen and oxygen atoms in total. The molecule has 0 saturated heterocycles. The first-order chi connectivity index (χ1) is 7.69. The lowest BCUT2D eigenvalue weighted by molar-refractivity contribution is -0.0240. The van der Waals surface area contributed by atoms with Crippen molar-refractivity contribution < 1.29 is 4.74 Å². The van der Waals surface area contributed by atoms with Crippen LogP contribution in [0.25, 0.3) is 0 Å². The van der Waals surface area contributed by atoms with Crippen molar-refractivity contribution >= 4 is 11.3 Å². The summed E-state index contributed by atoms with van der Waals surface area (Å²) in [6.45, 7) is 4.82. The first-order valence-electron chi connectivity index (χ1n) is 5.88. The molecule has 2 N–H and O–H groups in total. The van der Waals surface area contributed by atoms with E-state index < -0.39 is 0 Å². The van der Waals surface area contributed by atoms with E-state index in [9.17, 15) is 0 Å². The molecule has 0 amide bonds. The smallest absolute Gasteiger partial charge is 0.133 e. The summed E-state index contributed by atoms with van der Waals surface area (Å²) in [6.07, 6.45) is 3.85. The zero-order valence-corrected chi connectivity index (χ0v) is 10.7. The molecule has 16 heavy (non-hydrogen) atoms. The van der Waals surface area contributed by atoms with E-state index in [4.69, 9.17) is 10.5 Å². The Balaban J connectivity index is 1.78. The lowest BCUT2D eigenvalue weighted by Crippen LogP contribution is -2.32. The summed E-state index contributed by atoms with van der Waals surface area (Å²) in [7, 11) is 0. The van der Waals surface area contributed by atoms with Crippen LogP contribution in [-0.2, 0) is 11.2 Å². The van der Waals surface area contributed by atoms with Crippen LogP contribution in [0, 0.1) is 5.92 Å². The highest BCUT2D eigenvalue weighted by atomic mass is 32.1. The van der Waals surface area contributed by atoms with Crippen LogP contribution in [-0.4, -0.2) is 22.9 Å². The summed E-state index contributed by atoms with van der Waals surface area (Å²) in [5, 5.41) is 10.3. The summed E-state index contributed by atoms with van der Waals surface area (Å²) in [5.41, 5.74) is 5.75. The molecule has 1 saturated carbocycles. The molecule has 0 radical (unpaired) electrons. The van der Waals surface area contributed by atoms with Gasteiger partial charge in [0.1, 0.15) is 10.0 Å². The number of aromatic nitrogens is 2. The lowest BCUT2D eigenvalue weighted by Gasteiger charge is -2.34. The molecule has 0 aromatic carbocycles. The first kappa shape index (κ1) is 12.0. The summed E-state index contributed by atoms with van der Waals surface area (Å²) in [5.74, 6) is 0.727. The van der Waals surface area contributed by atoms with Gasteiger partial charge in [-0.3, -0.25) is 0 Å². The quantitative estimate of drug-likeness (QED) is 0.855. The van der Waals surface area contributed by atoms with Crippen molar-refractivity contribution in [3.8, 4) is 0 Å². The van der Waals surface area contributed by atoms with Crippen molar-refractivity contribution in [1.82, 2.24) is 10.2 Å². The Labute approximate surface area is 100 Å². The van der Waals surface area contributed by atoms with Crippen LogP contribution in [0.15, 0.2) is 0 Å². The van der Waals surface area contributed by atoms with Crippen LogP contribution < -0.4 is 5.73 Å². The van der Waals surface area contributed by atoms with Crippen LogP contribution >= 0.6 is 11.3 Å². The Morgan fingerprint density at radius 1 is 1.50 bits per heavy atom. The van der Waals surface area contributed by atoms with E-state index in [0.29, 0.717) is 6.10 Å². The third-order valence-corrected chi connectivity index (χ3v) is 4.08. The van der Waals surface area contributed by atoms with E-state index in [2.05, 4.69) is 10.2 Å². The van der Waals surface area contributed by atoms with E-state index in [1.807, 2.05) is 13.8 Å². The molecule has 0 spiro atoms. The second-order valence-electron chi connectivity index (χ2n) is 4.44. The van der Waals surface area contributed by atoms with Gasteiger partial charge < -0.3 is 10.5 Å². The summed E-state index contributed by atoms with van der Waals surface area (Å²) < 4.78 is 5.54. The molecule has 1 fully saturated rings.